The van der Waals surface area contributed by atoms with Crippen LogP contribution in [-0.2, 0) is 26.0 Å². The van der Waals surface area contributed by atoms with E-state index in [-0.39, 0.29) is 6.10 Å². The zero-order chi connectivity index (χ0) is 25.0. The van der Waals surface area contributed by atoms with Gasteiger partial charge in [0.2, 0.25) is 10.0 Å². The summed E-state index contributed by atoms with van der Waals surface area (Å²) in [5.41, 5.74) is 2.79. The molecular formula is C26H31N3O5S2. The predicted octanol–water partition coefficient (Wildman–Crippen LogP) is 4.05. The van der Waals surface area contributed by atoms with Gasteiger partial charge >= 0.3 is 0 Å². The third kappa shape index (κ3) is 5.57. The van der Waals surface area contributed by atoms with Gasteiger partial charge < -0.3 is 18.8 Å². The largest absolute Gasteiger partial charge is 0.494 e. The van der Waals surface area contributed by atoms with E-state index in [9.17, 15) is 8.42 Å². The molecule has 0 amide bonds. The van der Waals surface area contributed by atoms with E-state index >= 15 is 0 Å². The molecule has 5 rings (SSSR count). The molecule has 2 saturated heterocycles. The molecule has 1 atom stereocenters. The number of hydrogen-bond acceptors (Lipinski definition) is 7. The maximum Gasteiger partial charge on any atom is 0.243 e. The van der Waals surface area contributed by atoms with Crippen LogP contribution in [-0.4, -0.2) is 62.9 Å². The van der Waals surface area contributed by atoms with Gasteiger partial charge in [-0.15, -0.1) is 11.3 Å². The second-order valence-electron chi connectivity index (χ2n) is 8.73. The SMILES string of the molecule is CCOc1ccc(N=c2scc(-c3ccc(S(=O)(=O)N4CCOCC4)cc3)n2CC2CCCO2)cc1. The molecule has 0 spiro atoms. The lowest BCUT2D eigenvalue weighted by Crippen LogP contribution is -2.40. The molecule has 36 heavy (non-hydrogen) atoms. The molecule has 0 bridgehead atoms. The van der Waals surface area contributed by atoms with E-state index in [4.69, 9.17) is 19.2 Å². The summed E-state index contributed by atoms with van der Waals surface area (Å²) in [7, 11) is -3.53. The number of morpholine rings is 1. The lowest BCUT2D eigenvalue weighted by Gasteiger charge is -2.26. The van der Waals surface area contributed by atoms with Crippen LogP contribution >= 0.6 is 11.3 Å². The lowest BCUT2D eigenvalue weighted by atomic mass is 10.1. The average molecular weight is 530 g/mol. The van der Waals surface area contributed by atoms with Gasteiger partial charge in [0.1, 0.15) is 5.75 Å². The van der Waals surface area contributed by atoms with Crippen molar-refractivity contribution in [1.82, 2.24) is 8.87 Å². The van der Waals surface area contributed by atoms with Gasteiger partial charge in [-0.1, -0.05) is 12.1 Å². The highest BCUT2D eigenvalue weighted by Crippen LogP contribution is 2.26. The molecule has 2 fully saturated rings. The molecule has 10 heteroatoms. The monoisotopic (exact) mass is 529 g/mol. The Balaban J connectivity index is 1.46. The number of sulfonamides is 1. The first-order valence-electron chi connectivity index (χ1n) is 12.3. The number of aromatic nitrogens is 1. The van der Waals surface area contributed by atoms with Gasteiger partial charge in [0.15, 0.2) is 4.80 Å². The van der Waals surface area contributed by atoms with Crippen LogP contribution in [0.4, 0.5) is 5.69 Å². The Hall–Kier alpha value is -2.50. The zero-order valence-electron chi connectivity index (χ0n) is 20.3. The molecule has 1 aromatic heterocycles. The molecule has 2 aliphatic rings. The highest BCUT2D eigenvalue weighted by atomic mass is 32.2. The zero-order valence-corrected chi connectivity index (χ0v) is 22.0. The van der Waals surface area contributed by atoms with Crippen molar-refractivity contribution in [3.05, 3.63) is 58.7 Å². The number of hydrogen-bond donors (Lipinski definition) is 0. The van der Waals surface area contributed by atoms with E-state index in [0.29, 0.717) is 44.4 Å². The molecule has 2 aromatic carbocycles. The van der Waals surface area contributed by atoms with Crippen LogP contribution in [0.5, 0.6) is 5.75 Å². The standard InChI is InChI=1S/C26H31N3O5S2/c1-2-33-22-9-7-21(8-10-22)27-26-29(18-23-4-3-15-34-23)25(19-35-26)20-5-11-24(12-6-20)36(30,31)28-13-16-32-17-14-28/h5-12,19,23H,2-4,13-18H2,1H3. The molecule has 3 aromatic rings. The van der Waals surface area contributed by atoms with Crippen LogP contribution in [0.25, 0.3) is 11.3 Å². The van der Waals surface area contributed by atoms with E-state index in [0.717, 1.165) is 46.9 Å². The number of nitrogens with zero attached hydrogens (tertiary/aromatic N) is 3. The fourth-order valence-corrected chi connectivity index (χ4v) is 6.79. The Morgan fingerprint density at radius 2 is 1.81 bits per heavy atom. The summed E-state index contributed by atoms with van der Waals surface area (Å²) < 4.78 is 46.5. The summed E-state index contributed by atoms with van der Waals surface area (Å²) in [5.74, 6) is 0.822. The predicted molar refractivity (Wildman–Crippen MR) is 139 cm³/mol. The molecule has 0 N–H and O–H groups in total. The minimum absolute atomic E-state index is 0.138. The van der Waals surface area contributed by atoms with Crippen molar-refractivity contribution in [3.8, 4) is 17.0 Å². The Morgan fingerprint density at radius 1 is 1.06 bits per heavy atom. The maximum absolute atomic E-state index is 13.0. The number of thiazole rings is 1. The summed E-state index contributed by atoms with van der Waals surface area (Å²) in [6.45, 7) is 5.68. The van der Waals surface area contributed by atoms with Crippen LogP contribution in [0.1, 0.15) is 19.8 Å². The maximum atomic E-state index is 13.0. The molecule has 0 radical (unpaired) electrons. The van der Waals surface area contributed by atoms with Gasteiger partial charge in [0.25, 0.3) is 0 Å². The van der Waals surface area contributed by atoms with Crippen molar-refractivity contribution >= 4 is 27.0 Å². The van der Waals surface area contributed by atoms with Crippen LogP contribution in [0.15, 0.2) is 63.8 Å². The molecule has 1 unspecified atom stereocenters. The third-order valence-electron chi connectivity index (χ3n) is 6.34. The smallest absolute Gasteiger partial charge is 0.243 e. The minimum Gasteiger partial charge on any atom is -0.494 e. The molecule has 0 aliphatic carbocycles. The van der Waals surface area contributed by atoms with Crippen LogP contribution in [0.3, 0.4) is 0 Å². The Labute approximate surface area is 215 Å². The van der Waals surface area contributed by atoms with Crippen molar-refractivity contribution in [2.24, 2.45) is 4.99 Å². The summed E-state index contributed by atoms with van der Waals surface area (Å²) in [5, 5.41) is 2.08. The molecule has 8 nitrogen and oxygen atoms in total. The molecule has 2 aliphatic heterocycles. The lowest BCUT2D eigenvalue weighted by molar-refractivity contribution is 0.0730. The van der Waals surface area contributed by atoms with Crippen molar-refractivity contribution < 1.29 is 22.6 Å². The van der Waals surface area contributed by atoms with Crippen LogP contribution in [0, 0.1) is 0 Å². The summed E-state index contributed by atoms with van der Waals surface area (Å²) >= 11 is 1.57. The van der Waals surface area contributed by atoms with E-state index < -0.39 is 10.0 Å². The van der Waals surface area contributed by atoms with Gasteiger partial charge in [0.05, 0.1) is 48.7 Å². The molecule has 192 valence electrons. The first kappa shape index (κ1) is 25.2. The van der Waals surface area contributed by atoms with Gasteiger partial charge in [-0.2, -0.15) is 4.31 Å². The summed E-state index contributed by atoms with van der Waals surface area (Å²) in [6, 6.07) is 14.9. The molecule has 0 saturated carbocycles. The molecule has 3 heterocycles. The van der Waals surface area contributed by atoms with Gasteiger partial charge in [-0.25, -0.2) is 13.4 Å². The second kappa shape index (κ2) is 11.3. The fourth-order valence-electron chi connectivity index (χ4n) is 4.45. The summed E-state index contributed by atoms with van der Waals surface area (Å²) in [4.78, 5) is 6.07. The van der Waals surface area contributed by atoms with Crippen molar-refractivity contribution in [1.29, 1.82) is 0 Å². The van der Waals surface area contributed by atoms with Crippen molar-refractivity contribution in [2.75, 3.05) is 39.5 Å². The molecular weight excluding hydrogens is 498 g/mol. The highest BCUT2D eigenvalue weighted by Gasteiger charge is 2.26. The van der Waals surface area contributed by atoms with Gasteiger partial charge in [-0.05, 0) is 61.7 Å². The van der Waals surface area contributed by atoms with Crippen molar-refractivity contribution in [3.63, 3.8) is 0 Å². The minimum atomic E-state index is -3.53. The van der Waals surface area contributed by atoms with Crippen molar-refractivity contribution in [2.45, 2.75) is 37.3 Å². The van der Waals surface area contributed by atoms with E-state index in [1.54, 1.807) is 23.5 Å². The number of rotatable bonds is 8. The van der Waals surface area contributed by atoms with E-state index in [1.807, 2.05) is 43.3 Å². The fraction of sp³-hybridized carbons (Fsp3) is 0.423. The number of benzene rings is 2. The topological polar surface area (TPSA) is 82.4 Å². The second-order valence-corrected chi connectivity index (χ2v) is 11.5. The average Bonchev–Trinajstić information content (AvgIpc) is 3.57. The Kier molecular flexibility index (Phi) is 7.87. The normalized spacial score (nSPS) is 19.6. The Bertz CT molecular complexity index is 1320. The van der Waals surface area contributed by atoms with Crippen LogP contribution < -0.4 is 9.54 Å². The third-order valence-corrected chi connectivity index (χ3v) is 9.11. The first-order valence-corrected chi connectivity index (χ1v) is 14.6. The Morgan fingerprint density at radius 3 is 2.47 bits per heavy atom. The van der Waals surface area contributed by atoms with E-state index in [2.05, 4.69) is 9.95 Å². The van der Waals surface area contributed by atoms with E-state index in [1.165, 1.54) is 4.31 Å². The highest BCUT2D eigenvalue weighted by molar-refractivity contribution is 7.89. The number of ether oxygens (including phenoxy) is 3. The summed E-state index contributed by atoms with van der Waals surface area (Å²) in [6.07, 6.45) is 2.21. The quantitative estimate of drug-likeness (QED) is 0.440. The van der Waals surface area contributed by atoms with Gasteiger partial charge in [-0.3, -0.25) is 0 Å². The van der Waals surface area contributed by atoms with Crippen LogP contribution in [0.2, 0.25) is 0 Å². The van der Waals surface area contributed by atoms with Gasteiger partial charge in [0, 0.05) is 25.1 Å². The first-order chi connectivity index (χ1) is 17.5.